The van der Waals surface area contributed by atoms with E-state index in [2.05, 4.69) is 0 Å². The first-order chi connectivity index (χ1) is 15.4. The molecular weight excluding hydrogens is 431 g/mol. The second-order valence-electron chi connectivity index (χ2n) is 8.13. The number of hydrogen-bond donors (Lipinski definition) is 0. The summed E-state index contributed by atoms with van der Waals surface area (Å²) in [6.07, 6.45) is 2.17. The molecule has 7 nitrogen and oxygen atoms in total. The van der Waals surface area contributed by atoms with Gasteiger partial charge in [-0.2, -0.15) is 9.40 Å². The molecule has 0 atom stereocenters. The zero-order valence-electron chi connectivity index (χ0n) is 17.4. The van der Waals surface area contributed by atoms with Crippen molar-refractivity contribution >= 4 is 15.9 Å². The van der Waals surface area contributed by atoms with E-state index < -0.39 is 15.8 Å². The van der Waals surface area contributed by atoms with Gasteiger partial charge in [0.2, 0.25) is 10.0 Å². The molecule has 0 radical (unpaired) electrons. The SMILES string of the molecule is O=C(c1cc(C2CC2)nn1-c1ccccc1)N1CCN(S(=O)(=O)c2ccc(F)cc2)CC1. The zero-order chi connectivity index (χ0) is 22.3. The van der Waals surface area contributed by atoms with Crippen molar-refractivity contribution in [3.05, 3.63) is 77.9 Å². The van der Waals surface area contributed by atoms with Crippen LogP contribution in [0.5, 0.6) is 0 Å². The molecule has 1 aliphatic carbocycles. The number of rotatable bonds is 5. The smallest absolute Gasteiger partial charge is 0.272 e. The monoisotopic (exact) mass is 454 g/mol. The molecule has 166 valence electrons. The van der Waals surface area contributed by atoms with Crippen LogP contribution in [0.2, 0.25) is 0 Å². The number of nitrogens with zero attached hydrogens (tertiary/aromatic N) is 4. The molecule has 9 heteroatoms. The predicted octanol–water partition coefficient (Wildman–Crippen LogP) is 3.04. The van der Waals surface area contributed by atoms with Crippen molar-refractivity contribution < 1.29 is 17.6 Å². The van der Waals surface area contributed by atoms with Crippen molar-refractivity contribution in [3.63, 3.8) is 0 Å². The highest BCUT2D eigenvalue weighted by molar-refractivity contribution is 7.89. The highest BCUT2D eigenvalue weighted by Crippen LogP contribution is 2.40. The fourth-order valence-corrected chi connectivity index (χ4v) is 5.37. The lowest BCUT2D eigenvalue weighted by Gasteiger charge is -2.34. The second kappa shape index (κ2) is 8.14. The molecular formula is C23H23FN4O3S. The molecule has 2 heterocycles. The third-order valence-electron chi connectivity index (χ3n) is 5.92. The summed E-state index contributed by atoms with van der Waals surface area (Å²) in [4.78, 5) is 15.1. The summed E-state index contributed by atoms with van der Waals surface area (Å²) in [5.41, 5.74) is 2.24. The van der Waals surface area contributed by atoms with Crippen LogP contribution in [-0.4, -0.2) is 59.5 Å². The Morgan fingerprint density at radius 2 is 1.59 bits per heavy atom. The third kappa shape index (κ3) is 3.93. The standard InChI is InChI=1S/C23H23FN4O3S/c24-18-8-10-20(11-9-18)32(30,31)27-14-12-26(13-15-27)23(29)22-16-21(17-6-7-17)25-28(22)19-4-2-1-3-5-19/h1-5,8-11,16-17H,6-7,12-15H2. The lowest BCUT2D eigenvalue weighted by molar-refractivity contribution is 0.0688. The quantitative estimate of drug-likeness (QED) is 0.594. The average molecular weight is 455 g/mol. The number of para-hydroxylation sites is 1. The summed E-state index contributed by atoms with van der Waals surface area (Å²) in [5, 5.41) is 4.69. The Balaban J connectivity index is 1.34. The van der Waals surface area contributed by atoms with E-state index in [1.165, 1.54) is 16.4 Å². The van der Waals surface area contributed by atoms with E-state index in [9.17, 15) is 17.6 Å². The fraction of sp³-hybridized carbons (Fsp3) is 0.304. The highest BCUT2D eigenvalue weighted by atomic mass is 32.2. The zero-order valence-corrected chi connectivity index (χ0v) is 18.2. The van der Waals surface area contributed by atoms with Gasteiger partial charge in [-0.3, -0.25) is 4.79 Å². The van der Waals surface area contributed by atoms with Crippen molar-refractivity contribution in [3.8, 4) is 5.69 Å². The summed E-state index contributed by atoms with van der Waals surface area (Å²) >= 11 is 0. The first kappa shape index (κ1) is 20.8. The van der Waals surface area contributed by atoms with Crippen molar-refractivity contribution in [2.75, 3.05) is 26.2 Å². The molecule has 3 aromatic rings. The van der Waals surface area contributed by atoms with Gasteiger partial charge in [0.05, 0.1) is 16.3 Å². The second-order valence-corrected chi connectivity index (χ2v) is 10.1. The van der Waals surface area contributed by atoms with E-state index in [0.29, 0.717) is 11.6 Å². The number of hydrogen-bond acceptors (Lipinski definition) is 4. The lowest BCUT2D eigenvalue weighted by atomic mass is 10.2. The molecule has 1 saturated heterocycles. The van der Waals surface area contributed by atoms with Crippen LogP contribution < -0.4 is 0 Å². The maximum absolute atomic E-state index is 13.4. The number of aromatic nitrogens is 2. The molecule has 0 bridgehead atoms. The van der Waals surface area contributed by atoms with Gasteiger partial charge >= 0.3 is 0 Å². The Kier molecular flexibility index (Phi) is 5.30. The number of benzene rings is 2. The summed E-state index contributed by atoms with van der Waals surface area (Å²) in [5.74, 6) is -0.240. The van der Waals surface area contributed by atoms with Crippen LogP contribution >= 0.6 is 0 Å². The molecule has 2 aromatic carbocycles. The number of carbonyl (C=O) groups is 1. The van der Waals surface area contributed by atoms with E-state index in [1.54, 1.807) is 9.58 Å². The molecule has 0 spiro atoms. The molecule has 1 aliphatic heterocycles. The predicted molar refractivity (Wildman–Crippen MR) is 117 cm³/mol. The molecule has 1 saturated carbocycles. The first-order valence-electron chi connectivity index (χ1n) is 10.6. The van der Waals surface area contributed by atoms with E-state index in [0.717, 1.165) is 36.4 Å². The van der Waals surface area contributed by atoms with Gasteiger partial charge in [0.15, 0.2) is 0 Å². The number of halogens is 1. The third-order valence-corrected chi connectivity index (χ3v) is 7.83. The van der Waals surface area contributed by atoms with Crippen molar-refractivity contribution in [1.29, 1.82) is 0 Å². The molecule has 2 fully saturated rings. The first-order valence-corrected chi connectivity index (χ1v) is 12.1. The number of carbonyl (C=O) groups excluding carboxylic acids is 1. The summed E-state index contributed by atoms with van der Waals surface area (Å²) in [7, 11) is -3.73. The van der Waals surface area contributed by atoms with Gasteiger partial charge in [0.25, 0.3) is 5.91 Å². The van der Waals surface area contributed by atoms with Gasteiger partial charge in [-0.25, -0.2) is 17.5 Å². The van der Waals surface area contributed by atoms with Gasteiger partial charge in [-0.1, -0.05) is 18.2 Å². The van der Waals surface area contributed by atoms with E-state index >= 15 is 0 Å². The van der Waals surface area contributed by atoms with Gasteiger partial charge in [0.1, 0.15) is 11.5 Å². The molecule has 2 aliphatic rings. The minimum absolute atomic E-state index is 0.0508. The highest BCUT2D eigenvalue weighted by Gasteiger charge is 2.33. The summed E-state index contributed by atoms with van der Waals surface area (Å²) in [6, 6.07) is 16.2. The van der Waals surface area contributed by atoms with Crippen molar-refractivity contribution in [2.45, 2.75) is 23.7 Å². The van der Waals surface area contributed by atoms with Crippen LogP contribution in [0, 0.1) is 5.82 Å². The van der Waals surface area contributed by atoms with Crippen LogP contribution in [0.25, 0.3) is 5.69 Å². The Labute approximate surface area is 186 Å². The van der Waals surface area contributed by atoms with Crippen LogP contribution in [0.3, 0.4) is 0 Å². The molecule has 32 heavy (non-hydrogen) atoms. The van der Waals surface area contributed by atoms with Gasteiger partial charge in [-0.05, 0) is 55.3 Å². The minimum atomic E-state index is -3.73. The number of amides is 1. The van der Waals surface area contributed by atoms with E-state index in [4.69, 9.17) is 5.10 Å². The Morgan fingerprint density at radius 3 is 2.22 bits per heavy atom. The normalized spacial score (nSPS) is 17.5. The lowest BCUT2D eigenvalue weighted by Crippen LogP contribution is -2.50. The maximum Gasteiger partial charge on any atom is 0.272 e. The molecule has 1 aromatic heterocycles. The minimum Gasteiger partial charge on any atom is -0.335 e. The van der Waals surface area contributed by atoms with Crippen LogP contribution in [0.1, 0.15) is 34.9 Å². The summed E-state index contributed by atoms with van der Waals surface area (Å²) in [6.45, 7) is 0.913. The van der Waals surface area contributed by atoms with Crippen LogP contribution in [0.4, 0.5) is 4.39 Å². The maximum atomic E-state index is 13.4. The molecule has 0 unspecified atom stereocenters. The topological polar surface area (TPSA) is 75.5 Å². The van der Waals surface area contributed by atoms with Crippen molar-refractivity contribution in [1.82, 2.24) is 19.0 Å². The fourth-order valence-electron chi connectivity index (χ4n) is 3.95. The summed E-state index contributed by atoms with van der Waals surface area (Å²) < 4.78 is 41.9. The van der Waals surface area contributed by atoms with E-state index in [1.807, 2.05) is 36.4 Å². The van der Waals surface area contributed by atoms with Crippen LogP contribution in [0.15, 0.2) is 65.6 Å². The van der Waals surface area contributed by atoms with Crippen LogP contribution in [-0.2, 0) is 10.0 Å². The largest absolute Gasteiger partial charge is 0.335 e. The number of sulfonamides is 1. The molecule has 0 N–H and O–H groups in total. The molecule has 1 amide bonds. The van der Waals surface area contributed by atoms with E-state index in [-0.39, 0.29) is 37.0 Å². The van der Waals surface area contributed by atoms with Gasteiger partial charge in [-0.15, -0.1) is 0 Å². The van der Waals surface area contributed by atoms with Crippen molar-refractivity contribution in [2.24, 2.45) is 0 Å². The Hall–Kier alpha value is -3.04. The molecule has 5 rings (SSSR count). The van der Waals surface area contributed by atoms with Gasteiger partial charge in [0, 0.05) is 32.1 Å². The Morgan fingerprint density at radius 1 is 0.938 bits per heavy atom. The van der Waals surface area contributed by atoms with Gasteiger partial charge < -0.3 is 4.90 Å². The Bertz CT molecular complexity index is 1230. The average Bonchev–Trinajstić information content (AvgIpc) is 3.58. The number of piperazine rings is 1.